The molecule has 0 spiro atoms. The first kappa shape index (κ1) is 10.2. The molecule has 0 N–H and O–H groups in total. The van der Waals surface area contributed by atoms with Gasteiger partial charge in [0.05, 0.1) is 0 Å². The van der Waals surface area contributed by atoms with E-state index in [1.54, 1.807) is 25.3 Å². The fourth-order valence-corrected chi connectivity index (χ4v) is 2.05. The van der Waals surface area contributed by atoms with Crippen LogP contribution in [-0.4, -0.2) is 32.5 Å². The number of pyridine rings is 1. The summed E-state index contributed by atoms with van der Waals surface area (Å²) in [6.45, 7) is 2.20. The number of nitrogens with zero attached hydrogens (tertiary/aromatic N) is 1. The summed E-state index contributed by atoms with van der Waals surface area (Å²) in [7, 11) is 0. The minimum atomic E-state index is -0.269. The molecule has 0 fully saturated rings. The van der Waals surface area contributed by atoms with Crippen molar-refractivity contribution in [1.29, 1.82) is 0 Å². The van der Waals surface area contributed by atoms with E-state index in [2.05, 4.69) is 4.98 Å². The van der Waals surface area contributed by atoms with Gasteiger partial charge < -0.3 is 0 Å². The van der Waals surface area contributed by atoms with Gasteiger partial charge in [0.2, 0.25) is 0 Å². The topological polar surface area (TPSA) is 39.2 Å². The van der Waals surface area contributed by atoms with Crippen molar-refractivity contribution in [2.75, 3.05) is 6.61 Å². The molecule has 1 aromatic heterocycles. The Bertz CT molecular complexity index is 301. The third kappa shape index (κ3) is 2.54. The molecule has 0 radical (unpaired) electrons. The molecule has 0 aromatic carbocycles. The number of carbonyl (C=O) groups is 1. The summed E-state index contributed by atoms with van der Waals surface area (Å²) in [6, 6.07) is 3.51. The molecule has 1 rings (SSSR count). The number of carbonyl (C=O) groups excluding carboxylic acids is 1. The van der Waals surface area contributed by atoms with Gasteiger partial charge >= 0.3 is 83.3 Å². The Kier molecular flexibility index (Phi) is 3.93. The summed E-state index contributed by atoms with van der Waals surface area (Å²) in [5.41, 5.74) is 0.604. The first-order valence-electron chi connectivity index (χ1n) is 3.95. The Morgan fingerprint density at radius 2 is 2.46 bits per heavy atom. The Labute approximate surface area is 83.7 Å². The molecule has 0 saturated heterocycles. The van der Waals surface area contributed by atoms with Gasteiger partial charge in [-0.15, -0.1) is 0 Å². The summed E-state index contributed by atoms with van der Waals surface area (Å²) in [4.78, 5) is 15.5. The molecule has 3 nitrogen and oxygen atoms in total. The van der Waals surface area contributed by atoms with Gasteiger partial charge in [0.15, 0.2) is 0 Å². The molecule has 0 bridgehead atoms. The van der Waals surface area contributed by atoms with Crippen molar-refractivity contribution in [2.24, 2.45) is 0 Å². The zero-order valence-corrected chi connectivity index (χ0v) is 9.32. The summed E-state index contributed by atoms with van der Waals surface area (Å²) in [5.74, 6) is 1.76. The number of esters is 1. The van der Waals surface area contributed by atoms with Gasteiger partial charge in [-0.1, -0.05) is 0 Å². The normalized spacial score (nSPS) is 9.69. The third-order valence-corrected chi connectivity index (χ3v) is 2.95. The number of hydrogen-bond acceptors (Lipinski definition) is 3. The van der Waals surface area contributed by atoms with Crippen LogP contribution in [0.1, 0.15) is 17.3 Å². The Morgan fingerprint density at radius 1 is 1.69 bits per heavy atom. The SMILES string of the molecule is CCOC(=O)c1cccnc1[Se]C. The second-order valence-corrected chi connectivity index (χ2v) is 3.95. The first-order valence-corrected chi connectivity index (χ1v) is 6.52. The van der Waals surface area contributed by atoms with Gasteiger partial charge in [0.25, 0.3) is 0 Å². The van der Waals surface area contributed by atoms with Crippen molar-refractivity contribution >= 4 is 25.5 Å². The molecule has 4 heteroatoms. The molecule has 0 saturated carbocycles. The second-order valence-electron chi connectivity index (χ2n) is 2.28. The zero-order chi connectivity index (χ0) is 9.68. The molecule has 70 valence electrons. The number of rotatable bonds is 3. The van der Waals surface area contributed by atoms with E-state index in [9.17, 15) is 4.79 Å². The summed E-state index contributed by atoms with van der Waals surface area (Å²) in [5, 5.41) is 0. The monoisotopic (exact) mass is 245 g/mol. The van der Waals surface area contributed by atoms with Crippen LogP contribution in [0.3, 0.4) is 0 Å². The quantitative estimate of drug-likeness (QED) is 0.578. The molecule has 13 heavy (non-hydrogen) atoms. The molecule has 0 atom stereocenters. The van der Waals surface area contributed by atoms with E-state index in [4.69, 9.17) is 4.74 Å². The van der Waals surface area contributed by atoms with Crippen molar-refractivity contribution in [2.45, 2.75) is 12.7 Å². The van der Waals surface area contributed by atoms with Crippen LogP contribution in [0.5, 0.6) is 0 Å². The first-order chi connectivity index (χ1) is 6.29. The van der Waals surface area contributed by atoms with Crippen LogP contribution in [0, 0.1) is 0 Å². The van der Waals surface area contributed by atoms with E-state index in [0.717, 1.165) is 4.59 Å². The zero-order valence-electron chi connectivity index (χ0n) is 7.61. The number of ether oxygens (including phenoxy) is 1. The second kappa shape index (κ2) is 5.00. The molecule has 0 aliphatic carbocycles. The molecular weight excluding hydrogens is 233 g/mol. The van der Waals surface area contributed by atoms with E-state index >= 15 is 0 Å². The Hall–Kier alpha value is -0.861. The fraction of sp³-hybridized carbons (Fsp3) is 0.333. The van der Waals surface area contributed by atoms with E-state index < -0.39 is 0 Å². The van der Waals surface area contributed by atoms with E-state index in [0.29, 0.717) is 12.2 Å². The summed E-state index contributed by atoms with van der Waals surface area (Å²) in [6.07, 6.45) is 1.70. The van der Waals surface area contributed by atoms with Crippen molar-refractivity contribution in [1.82, 2.24) is 4.98 Å². The summed E-state index contributed by atoms with van der Waals surface area (Å²) < 4.78 is 5.76. The Balaban J connectivity index is 2.92. The van der Waals surface area contributed by atoms with Crippen molar-refractivity contribution < 1.29 is 9.53 Å². The third-order valence-electron chi connectivity index (χ3n) is 1.46. The predicted octanol–water partition coefficient (Wildman–Crippen LogP) is 0.636. The van der Waals surface area contributed by atoms with Crippen LogP contribution < -0.4 is 4.59 Å². The fourth-order valence-electron chi connectivity index (χ4n) is 0.918. The van der Waals surface area contributed by atoms with Gasteiger partial charge in [-0.3, -0.25) is 0 Å². The van der Waals surface area contributed by atoms with Gasteiger partial charge in [-0.25, -0.2) is 0 Å². The predicted molar refractivity (Wildman–Crippen MR) is 51.4 cm³/mol. The van der Waals surface area contributed by atoms with E-state index in [1.165, 1.54) is 0 Å². The van der Waals surface area contributed by atoms with Crippen LogP contribution in [0.25, 0.3) is 0 Å². The maximum absolute atomic E-state index is 11.4. The molecule has 0 unspecified atom stereocenters. The molecule has 0 amide bonds. The summed E-state index contributed by atoms with van der Waals surface area (Å²) >= 11 is 0.226. The van der Waals surface area contributed by atoms with Crippen LogP contribution in [0.2, 0.25) is 5.82 Å². The average Bonchev–Trinajstić information content (AvgIpc) is 2.18. The number of hydrogen-bond donors (Lipinski definition) is 0. The van der Waals surface area contributed by atoms with Crippen LogP contribution in [-0.2, 0) is 4.74 Å². The van der Waals surface area contributed by atoms with Crippen LogP contribution >= 0.6 is 0 Å². The van der Waals surface area contributed by atoms with Crippen molar-refractivity contribution in [3.63, 3.8) is 0 Å². The number of aromatic nitrogens is 1. The Morgan fingerprint density at radius 3 is 3.08 bits per heavy atom. The molecule has 0 aliphatic rings. The molecular formula is C9H11NO2Se. The molecule has 1 aromatic rings. The van der Waals surface area contributed by atoms with E-state index in [1.807, 2.05) is 5.82 Å². The van der Waals surface area contributed by atoms with Gasteiger partial charge in [0.1, 0.15) is 0 Å². The van der Waals surface area contributed by atoms with Gasteiger partial charge in [-0.05, 0) is 0 Å². The molecule has 1 heterocycles. The van der Waals surface area contributed by atoms with E-state index in [-0.39, 0.29) is 20.9 Å². The minimum absolute atomic E-state index is 0.226. The molecule has 0 aliphatic heterocycles. The van der Waals surface area contributed by atoms with Crippen LogP contribution in [0.4, 0.5) is 0 Å². The van der Waals surface area contributed by atoms with Crippen molar-refractivity contribution in [3.05, 3.63) is 23.9 Å². The standard InChI is InChI=1S/C9H11NO2Se/c1-3-12-9(11)7-5-4-6-10-8(7)13-2/h4-6H,3H2,1-2H3. The van der Waals surface area contributed by atoms with Crippen LogP contribution in [0.15, 0.2) is 18.3 Å². The van der Waals surface area contributed by atoms with Gasteiger partial charge in [0, 0.05) is 0 Å². The maximum atomic E-state index is 11.4. The van der Waals surface area contributed by atoms with Gasteiger partial charge in [-0.2, -0.15) is 0 Å². The average molecular weight is 244 g/mol. The van der Waals surface area contributed by atoms with Crippen molar-refractivity contribution in [3.8, 4) is 0 Å².